The summed E-state index contributed by atoms with van der Waals surface area (Å²) >= 11 is 0. The number of fused-ring (bicyclic) bond motifs is 1. The van der Waals surface area contributed by atoms with Gasteiger partial charge < -0.3 is 10.4 Å². The highest BCUT2D eigenvalue weighted by Gasteiger charge is 2.37. The molecule has 3 heteroatoms. The first-order chi connectivity index (χ1) is 8.84. The molecule has 2 N–H and O–H groups in total. The molecular weight excluding hydrogens is 224 g/mol. The van der Waals surface area contributed by atoms with Crippen molar-refractivity contribution in [2.45, 2.75) is 44.0 Å². The van der Waals surface area contributed by atoms with Crippen molar-refractivity contribution in [1.29, 1.82) is 0 Å². The zero-order chi connectivity index (χ0) is 12.4. The summed E-state index contributed by atoms with van der Waals surface area (Å²) in [6, 6.07) is 11.4. The zero-order valence-corrected chi connectivity index (χ0v) is 10.8. The predicted molar refractivity (Wildman–Crippen MR) is 72.3 cm³/mol. The van der Waals surface area contributed by atoms with Crippen molar-refractivity contribution in [2.75, 3.05) is 13.1 Å². The van der Waals surface area contributed by atoms with Crippen molar-refractivity contribution < 1.29 is 5.11 Å². The molecule has 1 aliphatic carbocycles. The van der Waals surface area contributed by atoms with Crippen LogP contribution in [0.1, 0.15) is 24.8 Å². The fourth-order valence-electron chi connectivity index (χ4n) is 3.39. The molecule has 1 aromatic rings. The Morgan fingerprint density at radius 3 is 2.89 bits per heavy atom. The number of hydrogen-bond donors (Lipinski definition) is 2. The van der Waals surface area contributed by atoms with Crippen LogP contribution in [-0.4, -0.2) is 41.3 Å². The molecule has 0 unspecified atom stereocenters. The lowest BCUT2D eigenvalue weighted by atomic mass is 9.85. The van der Waals surface area contributed by atoms with E-state index in [0.717, 1.165) is 32.5 Å². The van der Waals surface area contributed by atoms with Gasteiger partial charge in [-0.05, 0) is 24.8 Å². The van der Waals surface area contributed by atoms with Gasteiger partial charge in [0.05, 0.1) is 6.10 Å². The Hall–Kier alpha value is -0.900. The maximum atomic E-state index is 10.1. The number of aliphatic hydroxyl groups is 1. The third-order valence-corrected chi connectivity index (χ3v) is 4.31. The number of aliphatic hydroxyl groups excluding tert-OH is 1. The second kappa shape index (κ2) is 5.39. The Balaban J connectivity index is 1.71. The molecule has 2 aliphatic rings. The van der Waals surface area contributed by atoms with E-state index in [1.807, 2.05) is 0 Å². The highest BCUT2D eigenvalue weighted by Crippen LogP contribution is 2.27. The van der Waals surface area contributed by atoms with Gasteiger partial charge in [0.25, 0.3) is 0 Å². The number of hydrogen-bond acceptors (Lipinski definition) is 3. The first-order valence-corrected chi connectivity index (χ1v) is 7.04. The maximum absolute atomic E-state index is 10.1. The minimum Gasteiger partial charge on any atom is -0.391 e. The van der Waals surface area contributed by atoms with Gasteiger partial charge in [-0.25, -0.2) is 0 Å². The molecule has 0 spiro atoms. The fourth-order valence-corrected chi connectivity index (χ4v) is 3.39. The van der Waals surface area contributed by atoms with Crippen LogP contribution in [0.2, 0.25) is 0 Å². The van der Waals surface area contributed by atoms with Crippen molar-refractivity contribution in [2.24, 2.45) is 0 Å². The van der Waals surface area contributed by atoms with Crippen molar-refractivity contribution in [3.8, 4) is 0 Å². The van der Waals surface area contributed by atoms with E-state index in [1.165, 1.54) is 12.0 Å². The third kappa shape index (κ3) is 2.44. The smallest absolute Gasteiger partial charge is 0.0708 e. The van der Waals surface area contributed by atoms with Crippen LogP contribution in [0.3, 0.4) is 0 Å². The molecule has 0 amide bonds. The van der Waals surface area contributed by atoms with Gasteiger partial charge in [0.1, 0.15) is 0 Å². The average molecular weight is 246 g/mol. The molecule has 3 nitrogen and oxygen atoms in total. The molecule has 2 fully saturated rings. The molecule has 18 heavy (non-hydrogen) atoms. The van der Waals surface area contributed by atoms with E-state index in [0.29, 0.717) is 6.04 Å². The van der Waals surface area contributed by atoms with Crippen LogP contribution < -0.4 is 5.32 Å². The fraction of sp³-hybridized carbons (Fsp3) is 0.600. The molecule has 0 bridgehead atoms. The maximum Gasteiger partial charge on any atom is 0.0708 e. The van der Waals surface area contributed by atoms with Crippen molar-refractivity contribution in [3.63, 3.8) is 0 Å². The van der Waals surface area contributed by atoms with Crippen molar-refractivity contribution >= 4 is 0 Å². The van der Waals surface area contributed by atoms with E-state index in [1.54, 1.807) is 0 Å². The van der Waals surface area contributed by atoms with E-state index in [-0.39, 0.29) is 12.1 Å². The number of nitrogens with one attached hydrogen (secondary N) is 1. The first kappa shape index (κ1) is 12.2. The van der Waals surface area contributed by atoms with E-state index >= 15 is 0 Å². The van der Waals surface area contributed by atoms with E-state index in [4.69, 9.17) is 0 Å². The number of piperazine rings is 1. The second-order valence-electron chi connectivity index (χ2n) is 5.50. The molecule has 0 aromatic heterocycles. The van der Waals surface area contributed by atoms with Gasteiger partial charge >= 0.3 is 0 Å². The monoisotopic (exact) mass is 246 g/mol. The van der Waals surface area contributed by atoms with Crippen molar-refractivity contribution in [1.82, 2.24) is 10.2 Å². The van der Waals surface area contributed by atoms with Crippen LogP contribution in [0.4, 0.5) is 0 Å². The summed E-state index contributed by atoms with van der Waals surface area (Å²) in [5.74, 6) is 0. The molecule has 1 aromatic carbocycles. The Labute approximate surface area is 109 Å². The van der Waals surface area contributed by atoms with Gasteiger partial charge in [-0.2, -0.15) is 0 Å². The summed E-state index contributed by atoms with van der Waals surface area (Å²) in [5, 5.41) is 13.6. The average Bonchev–Trinajstić information content (AvgIpc) is 2.41. The van der Waals surface area contributed by atoms with Gasteiger partial charge in [-0.1, -0.05) is 30.3 Å². The van der Waals surface area contributed by atoms with Crippen LogP contribution in [0.25, 0.3) is 0 Å². The lowest BCUT2D eigenvalue weighted by Crippen LogP contribution is -2.63. The Kier molecular flexibility index (Phi) is 3.64. The standard InChI is InChI=1S/C15H22N2O/c18-14-8-4-7-13-15(14)16-9-10-17(13)11-12-5-2-1-3-6-12/h1-3,5-6,13-16,18H,4,7-11H2/t13-,14-,15-/m0/s1. The SMILES string of the molecule is O[C@H]1CCC[C@H]2[C@@H]1NCCN2Cc1ccccc1. The van der Waals surface area contributed by atoms with Gasteiger partial charge in [-0.3, -0.25) is 4.90 Å². The molecule has 3 atom stereocenters. The van der Waals surface area contributed by atoms with Crippen LogP contribution in [0.15, 0.2) is 30.3 Å². The van der Waals surface area contributed by atoms with Crippen LogP contribution in [-0.2, 0) is 6.54 Å². The molecule has 1 saturated heterocycles. The van der Waals surface area contributed by atoms with E-state index in [9.17, 15) is 5.11 Å². The third-order valence-electron chi connectivity index (χ3n) is 4.31. The lowest BCUT2D eigenvalue weighted by molar-refractivity contribution is -0.000968. The molecule has 1 saturated carbocycles. The van der Waals surface area contributed by atoms with Crippen LogP contribution >= 0.6 is 0 Å². The number of benzene rings is 1. The van der Waals surface area contributed by atoms with Gasteiger partial charge in [0, 0.05) is 31.7 Å². The number of rotatable bonds is 2. The van der Waals surface area contributed by atoms with Crippen molar-refractivity contribution in [3.05, 3.63) is 35.9 Å². The first-order valence-electron chi connectivity index (χ1n) is 7.04. The Morgan fingerprint density at radius 1 is 1.22 bits per heavy atom. The van der Waals surface area contributed by atoms with E-state index in [2.05, 4.69) is 40.5 Å². The molecular formula is C15H22N2O. The minimum absolute atomic E-state index is 0.165. The highest BCUT2D eigenvalue weighted by atomic mass is 16.3. The summed E-state index contributed by atoms with van der Waals surface area (Å²) in [4.78, 5) is 2.54. The molecule has 1 heterocycles. The summed E-state index contributed by atoms with van der Waals surface area (Å²) in [6.07, 6.45) is 3.15. The number of nitrogens with zero attached hydrogens (tertiary/aromatic N) is 1. The van der Waals surface area contributed by atoms with Gasteiger partial charge in [0.15, 0.2) is 0 Å². The topological polar surface area (TPSA) is 35.5 Å². The molecule has 98 valence electrons. The summed E-state index contributed by atoms with van der Waals surface area (Å²) in [5.41, 5.74) is 1.37. The second-order valence-corrected chi connectivity index (χ2v) is 5.50. The van der Waals surface area contributed by atoms with Crippen LogP contribution in [0, 0.1) is 0 Å². The normalized spacial score (nSPS) is 33.1. The quantitative estimate of drug-likeness (QED) is 0.827. The van der Waals surface area contributed by atoms with Gasteiger partial charge in [0.2, 0.25) is 0 Å². The highest BCUT2D eigenvalue weighted by molar-refractivity contribution is 5.15. The Morgan fingerprint density at radius 2 is 2.06 bits per heavy atom. The lowest BCUT2D eigenvalue weighted by Gasteiger charge is -2.46. The van der Waals surface area contributed by atoms with E-state index < -0.39 is 0 Å². The summed E-state index contributed by atoms with van der Waals surface area (Å²) in [6.45, 7) is 3.09. The minimum atomic E-state index is -0.165. The largest absolute Gasteiger partial charge is 0.391 e. The predicted octanol–water partition coefficient (Wildman–Crippen LogP) is 1.37. The molecule has 1 aliphatic heterocycles. The van der Waals surface area contributed by atoms with Gasteiger partial charge in [-0.15, -0.1) is 0 Å². The molecule has 3 rings (SSSR count). The van der Waals surface area contributed by atoms with Crippen LogP contribution in [0.5, 0.6) is 0 Å². The Bertz CT molecular complexity index is 381. The summed E-state index contributed by atoms with van der Waals surface area (Å²) < 4.78 is 0. The summed E-state index contributed by atoms with van der Waals surface area (Å²) in [7, 11) is 0. The zero-order valence-electron chi connectivity index (χ0n) is 10.8. The molecule has 0 radical (unpaired) electrons.